The van der Waals surface area contributed by atoms with Gasteiger partial charge < -0.3 is 11.1 Å². The van der Waals surface area contributed by atoms with Gasteiger partial charge in [0.15, 0.2) is 0 Å². The van der Waals surface area contributed by atoms with Gasteiger partial charge in [0.25, 0.3) is 0 Å². The summed E-state index contributed by atoms with van der Waals surface area (Å²) in [7, 11) is 0. The Kier molecular flexibility index (Phi) is 3.85. The van der Waals surface area contributed by atoms with Crippen LogP contribution < -0.4 is 11.1 Å². The van der Waals surface area contributed by atoms with Gasteiger partial charge in [-0.25, -0.2) is 0 Å². The first kappa shape index (κ1) is 11.9. The molecule has 92 valence electrons. The minimum atomic E-state index is 0.0696. The van der Waals surface area contributed by atoms with Crippen molar-refractivity contribution in [2.75, 3.05) is 6.54 Å². The molecule has 3 nitrogen and oxygen atoms in total. The van der Waals surface area contributed by atoms with Crippen LogP contribution >= 0.6 is 0 Å². The maximum atomic E-state index is 12.0. The second-order valence-corrected chi connectivity index (χ2v) is 5.61. The molecule has 3 N–H and O–H groups in total. The molecule has 0 aromatic rings. The lowest BCUT2D eigenvalue weighted by molar-refractivity contribution is -0.126. The van der Waals surface area contributed by atoms with Gasteiger partial charge in [-0.2, -0.15) is 0 Å². The smallest absolute Gasteiger partial charge is 0.224 e. The number of nitrogens with one attached hydrogen (secondary N) is 1. The molecule has 0 heterocycles. The van der Waals surface area contributed by atoms with E-state index < -0.39 is 0 Å². The second-order valence-electron chi connectivity index (χ2n) is 5.61. The molecule has 0 saturated heterocycles. The van der Waals surface area contributed by atoms with E-state index in [9.17, 15) is 4.79 Å². The third-order valence-electron chi connectivity index (χ3n) is 4.18. The van der Waals surface area contributed by atoms with Gasteiger partial charge in [0, 0.05) is 12.6 Å². The fraction of sp³-hybridized carbons (Fsp3) is 0.923. The topological polar surface area (TPSA) is 55.1 Å². The summed E-state index contributed by atoms with van der Waals surface area (Å²) < 4.78 is 0. The summed E-state index contributed by atoms with van der Waals surface area (Å²) in [5.41, 5.74) is 6.00. The van der Waals surface area contributed by atoms with E-state index in [0.717, 1.165) is 31.7 Å². The summed E-state index contributed by atoms with van der Waals surface area (Å²) in [6, 6.07) is 0.0879. The van der Waals surface area contributed by atoms with E-state index in [1.807, 2.05) is 0 Å². The van der Waals surface area contributed by atoms with Gasteiger partial charge in [0.2, 0.25) is 5.91 Å². The molecule has 0 aliphatic heterocycles. The normalized spacial score (nSPS) is 32.1. The van der Waals surface area contributed by atoms with Crippen LogP contribution in [0, 0.1) is 17.8 Å². The summed E-state index contributed by atoms with van der Waals surface area (Å²) in [6.45, 7) is 3.07. The van der Waals surface area contributed by atoms with Crippen LogP contribution in [0.4, 0.5) is 0 Å². The maximum Gasteiger partial charge on any atom is 0.224 e. The fourth-order valence-corrected chi connectivity index (χ4v) is 2.71. The van der Waals surface area contributed by atoms with Gasteiger partial charge in [-0.1, -0.05) is 19.8 Å². The van der Waals surface area contributed by atoms with Crippen molar-refractivity contribution in [3.05, 3.63) is 0 Å². The number of carbonyl (C=O) groups is 1. The van der Waals surface area contributed by atoms with Crippen LogP contribution in [0.25, 0.3) is 0 Å². The highest BCUT2D eigenvalue weighted by Gasteiger charge is 2.31. The van der Waals surface area contributed by atoms with Crippen LogP contribution in [-0.4, -0.2) is 18.5 Å². The van der Waals surface area contributed by atoms with Crippen LogP contribution in [-0.2, 0) is 4.79 Å². The van der Waals surface area contributed by atoms with Crippen LogP contribution in [0.1, 0.15) is 45.4 Å². The first-order chi connectivity index (χ1) is 7.68. The Morgan fingerprint density at radius 2 is 2.00 bits per heavy atom. The van der Waals surface area contributed by atoms with Crippen LogP contribution in [0.15, 0.2) is 0 Å². The zero-order valence-electron chi connectivity index (χ0n) is 10.2. The van der Waals surface area contributed by atoms with Gasteiger partial charge in [0.05, 0.1) is 5.92 Å². The van der Waals surface area contributed by atoms with Gasteiger partial charge in [-0.15, -0.1) is 0 Å². The molecule has 2 saturated carbocycles. The van der Waals surface area contributed by atoms with Crippen molar-refractivity contribution in [2.24, 2.45) is 23.5 Å². The molecule has 0 aromatic heterocycles. The van der Waals surface area contributed by atoms with Crippen molar-refractivity contribution in [2.45, 2.75) is 51.5 Å². The molecule has 0 bridgehead atoms. The molecule has 0 radical (unpaired) electrons. The zero-order chi connectivity index (χ0) is 11.5. The molecule has 2 aliphatic rings. The first-order valence-corrected chi connectivity index (χ1v) is 6.71. The van der Waals surface area contributed by atoms with Gasteiger partial charge in [-0.05, 0) is 37.5 Å². The summed E-state index contributed by atoms with van der Waals surface area (Å²) in [5, 5.41) is 3.08. The molecule has 3 unspecified atom stereocenters. The molecule has 2 fully saturated rings. The zero-order valence-corrected chi connectivity index (χ0v) is 10.2. The van der Waals surface area contributed by atoms with Crippen molar-refractivity contribution >= 4 is 5.91 Å². The van der Waals surface area contributed by atoms with Crippen LogP contribution in [0.2, 0.25) is 0 Å². The summed E-state index contributed by atoms with van der Waals surface area (Å²) in [5.74, 6) is 1.77. The molecule has 1 amide bonds. The van der Waals surface area contributed by atoms with E-state index in [4.69, 9.17) is 5.73 Å². The Hall–Kier alpha value is -0.570. The standard InChI is InChI=1S/C13H24N2O/c1-9(10-6-7-10)8-15-13(16)11-4-2-3-5-12(11)14/h9-12H,2-8,14H2,1H3,(H,15,16). The van der Waals surface area contributed by atoms with E-state index in [1.54, 1.807) is 0 Å². The highest BCUT2D eigenvalue weighted by atomic mass is 16.1. The highest BCUT2D eigenvalue weighted by molar-refractivity contribution is 5.79. The largest absolute Gasteiger partial charge is 0.356 e. The van der Waals surface area contributed by atoms with E-state index in [0.29, 0.717) is 5.92 Å². The number of carbonyl (C=O) groups excluding carboxylic acids is 1. The fourth-order valence-electron chi connectivity index (χ4n) is 2.71. The molecule has 3 heteroatoms. The van der Waals surface area contributed by atoms with E-state index >= 15 is 0 Å². The monoisotopic (exact) mass is 224 g/mol. The highest BCUT2D eigenvalue weighted by Crippen LogP contribution is 2.36. The third kappa shape index (κ3) is 2.97. The first-order valence-electron chi connectivity index (χ1n) is 6.71. The van der Waals surface area contributed by atoms with Crippen LogP contribution in [0.3, 0.4) is 0 Å². The van der Waals surface area contributed by atoms with Crippen molar-refractivity contribution in [1.29, 1.82) is 0 Å². The Labute approximate surface area is 98.2 Å². The number of rotatable bonds is 4. The number of nitrogens with two attached hydrogens (primary N) is 1. The summed E-state index contributed by atoms with van der Waals surface area (Å²) in [6.07, 6.45) is 7.02. The molecular formula is C13H24N2O. The summed E-state index contributed by atoms with van der Waals surface area (Å²) >= 11 is 0. The predicted octanol–water partition coefficient (Wildman–Crippen LogP) is 1.67. The molecule has 3 atom stereocenters. The number of amides is 1. The molecule has 16 heavy (non-hydrogen) atoms. The molecule has 0 spiro atoms. The van der Waals surface area contributed by atoms with Crippen molar-refractivity contribution in [3.63, 3.8) is 0 Å². The van der Waals surface area contributed by atoms with Crippen molar-refractivity contribution in [3.8, 4) is 0 Å². The average molecular weight is 224 g/mol. The molecule has 2 rings (SSSR count). The van der Waals surface area contributed by atoms with Crippen molar-refractivity contribution < 1.29 is 4.79 Å². The maximum absolute atomic E-state index is 12.0. The lowest BCUT2D eigenvalue weighted by Crippen LogP contribution is -2.44. The van der Waals surface area contributed by atoms with E-state index in [2.05, 4.69) is 12.2 Å². The van der Waals surface area contributed by atoms with Gasteiger partial charge >= 0.3 is 0 Å². The third-order valence-corrected chi connectivity index (χ3v) is 4.18. The average Bonchev–Trinajstić information content (AvgIpc) is 3.10. The lowest BCUT2D eigenvalue weighted by Gasteiger charge is -2.27. The molecule has 0 aromatic carbocycles. The predicted molar refractivity (Wildman–Crippen MR) is 64.8 cm³/mol. The van der Waals surface area contributed by atoms with E-state index in [-0.39, 0.29) is 17.9 Å². The minimum absolute atomic E-state index is 0.0696. The van der Waals surface area contributed by atoms with E-state index in [1.165, 1.54) is 19.3 Å². The number of hydrogen-bond acceptors (Lipinski definition) is 2. The molecular weight excluding hydrogens is 200 g/mol. The van der Waals surface area contributed by atoms with Gasteiger partial charge in [-0.3, -0.25) is 4.79 Å². The Morgan fingerprint density at radius 1 is 1.31 bits per heavy atom. The number of hydrogen-bond donors (Lipinski definition) is 2. The minimum Gasteiger partial charge on any atom is -0.356 e. The Morgan fingerprint density at radius 3 is 2.62 bits per heavy atom. The summed E-state index contributed by atoms with van der Waals surface area (Å²) in [4.78, 5) is 12.0. The SMILES string of the molecule is CC(CNC(=O)C1CCCCC1N)C1CC1. The lowest BCUT2D eigenvalue weighted by atomic mass is 9.84. The van der Waals surface area contributed by atoms with Crippen LogP contribution in [0.5, 0.6) is 0 Å². The van der Waals surface area contributed by atoms with Gasteiger partial charge in [0.1, 0.15) is 0 Å². The van der Waals surface area contributed by atoms with Crippen molar-refractivity contribution in [1.82, 2.24) is 5.32 Å². The molecule has 2 aliphatic carbocycles. The quantitative estimate of drug-likeness (QED) is 0.763. The Balaban J connectivity index is 1.73. The Bertz CT molecular complexity index is 250. The second kappa shape index (κ2) is 5.17.